The van der Waals surface area contributed by atoms with E-state index in [0.717, 1.165) is 29.7 Å². The molecule has 7 nitrogen and oxygen atoms in total. The summed E-state index contributed by atoms with van der Waals surface area (Å²) in [5, 5.41) is 12.6. The molecule has 8 heteroatoms. The standard InChI is InChI=1S/C27H29N5O2S/c1-5-19-9-7-10-20(6-2)25(19)32-26(21-11-8-14-28-16-21)30-31-27(32)35-17-24(33)29-22-15-18(3)12-13-23(22)34-4/h7-16H,5-6,17H2,1-4H3,(H,29,33). The van der Waals surface area contributed by atoms with Gasteiger partial charge in [0.2, 0.25) is 5.91 Å². The zero-order chi connectivity index (χ0) is 24.8. The van der Waals surface area contributed by atoms with Crippen LogP contribution in [0.25, 0.3) is 17.1 Å². The van der Waals surface area contributed by atoms with E-state index in [1.54, 1.807) is 19.5 Å². The van der Waals surface area contributed by atoms with E-state index in [0.29, 0.717) is 22.4 Å². The highest BCUT2D eigenvalue weighted by molar-refractivity contribution is 7.99. The molecule has 35 heavy (non-hydrogen) atoms. The number of anilines is 1. The molecule has 1 N–H and O–H groups in total. The molecule has 0 saturated heterocycles. The van der Waals surface area contributed by atoms with E-state index < -0.39 is 0 Å². The van der Waals surface area contributed by atoms with E-state index in [9.17, 15) is 4.79 Å². The summed E-state index contributed by atoms with van der Waals surface area (Å²) >= 11 is 1.36. The van der Waals surface area contributed by atoms with Gasteiger partial charge in [-0.1, -0.05) is 49.9 Å². The van der Waals surface area contributed by atoms with Gasteiger partial charge in [0.25, 0.3) is 0 Å². The average molecular weight is 488 g/mol. The van der Waals surface area contributed by atoms with Crippen LogP contribution in [-0.2, 0) is 17.6 Å². The van der Waals surface area contributed by atoms with Gasteiger partial charge in [0.1, 0.15) is 5.75 Å². The Morgan fingerprint density at radius 1 is 1.06 bits per heavy atom. The zero-order valence-electron chi connectivity index (χ0n) is 20.4. The number of pyridine rings is 1. The van der Waals surface area contributed by atoms with Gasteiger partial charge in [0.05, 0.1) is 24.2 Å². The van der Waals surface area contributed by atoms with Crippen LogP contribution in [0.15, 0.2) is 66.1 Å². The summed E-state index contributed by atoms with van der Waals surface area (Å²) in [6.07, 6.45) is 5.25. The number of thioether (sulfide) groups is 1. The number of carbonyl (C=O) groups is 1. The normalized spacial score (nSPS) is 10.9. The molecular formula is C27H29N5O2S. The molecule has 0 aliphatic rings. The highest BCUT2D eigenvalue weighted by atomic mass is 32.2. The molecule has 180 valence electrons. The maximum absolute atomic E-state index is 12.9. The molecule has 2 aromatic heterocycles. The van der Waals surface area contributed by atoms with Gasteiger partial charge in [-0.3, -0.25) is 14.3 Å². The summed E-state index contributed by atoms with van der Waals surface area (Å²) in [6, 6.07) is 15.9. The molecule has 0 saturated carbocycles. The van der Waals surface area contributed by atoms with E-state index >= 15 is 0 Å². The molecular weight excluding hydrogens is 458 g/mol. The number of aromatic nitrogens is 4. The van der Waals surface area contributed by atoms with Crippen molar-refractivity contribution in [3.05, 3.63) is 77.6 Å². The van der Waals surface area contributed by atoms with Gasteiger partial charge in [0, 0.05) is 18.0 Å². The summed E-state index contributed by atoms with van der Waals surface area (Å²) < 4.78 is 7.46. The van der Waals surface area contributed by atoms with Gasteiger partial charge in [-0.2, -0.15) is 0 Å². The fraction of sp³-hybridized carbons (Fsp3) is 0.259. The lowest BCUT2D eigenvalue weighted by Crippen LogP contribution is -2.15. The minimum absolute atomic E-state index is 0.143. The Labute approximate surface area is 210 Å². The van der Waals surface area contributed by atoms with Gasteiger partial charge in [-0.05, 0) is 60.7 Å². The largest absolute Gasteiger partial charge is 0.495 e. The van der Waals surface area contributed by atoms with Crippen molar-refractivity contribution in [1.29, 1.82) is 0 Å². The number of methoxy groups -OCH3 is 1. The van der Waals surface area contributed by atoms with E-state index in [2.05, 4.69) is 57.1 Å². The first-order valence-electron chi connectivity index (χ1n) is 11.6. The Balaban J connectivity index is 1.69. The third-order valence-corrected chi connectivity index (χ3v) is 6.63. The predicted octanol–water partition coefficient (Wildman–Crippen LogP) is 5.50. The molecule has 2 aromatic carbocycles. The average Bonchev–Trinajstić information content (AvgIpc) is 3.31. The molecule has 4 aromatic rings. The smallest absolute Gasteiger partial charge is 0.234 e. The Morgan fingerprint density at radius 2 is 1.83 bits per heavy atom. The van der Waals surface area contributed by atoms with Gasteiger partial charge in [0.15, 0.2) is 11.0 Å². The van der Waals surface area contributed by atoms with Crippen LogP contribution in [0.2, 0.25) is 0 Å². The SMILES string of the molecule is CCc1cccc(CC)c1-n1c(SCC(=O)Nc2cc(C)ccc2OC)nnc1-c1cccnc1. The minimum Gasteiger partial charge on any atom is -0.495 e. The molecule has 0 radical (unpaired) electrons. The van der Waals surface area contributed by atoms with Crippen LogP contribution in [0.3, 0.4) is 0 Å². The van der Waals surface area contributed by atoms with E-state index in [1.807, 2.05) is 37.3 Å². The number of nitrogens with one attached hydrogen (secondary N) is 1. The number of amides is 1. The number of aryl methyl sites for hydroxylation is 3. The maximum atomic E-state index is 12.9. The second kappa shape index (κ2) is 11.2. The van der Waals surface area contributed by atoms with Crippen LogP contribution >= 0.6 is 11.8 Å². The second-order valence-electron chi connectivity index (χ2n) is 8.06. The van der Waals surface area contributed by atoms with Crippen molar-refractivity contribution >= 4 is 23.4 Å². The van der Waals surface area contributed by atoms with Crippen molar-refractivity contribution in [3.8, 4) is 22.8 Å². The summed E-state index contributed by atoms with van der Waals surface area (Å²) in [6.45, 7) is 6.26. The Kier molecular flexibility index (Phi) is 7.82. The van der Waals surface area contributed by atoms with Crippen LogP contribution in [0, 0.1) is 6.92 Å². The first-order chi connectivity index (χ1) is 17.0. The third-order valence-electron chi connectivity index (χ3n) is 5.70. The second-order valence-corrected chi connectivity index (χ2v) is 9.00. The first-order valence-corrected chi connectivity index (χ1v) is 12.6. The number of hydrogen-bond acceptors (Lipinski definition) is 6. The fourth-order valence-electron chi connectivity index (χ4n) is 3.99. The Hall–Kier alpha value is -3.65. The van der Waals surface area contributed by atoms with Crippen LogP contribution in [0.1, 0.15) is 30.5 Å². The summed E-state index contributed by atoms with van der Waals surface area (Å²) in [4.78, 5) is 17.2. The zero-order valence-corrected chi connectivity index (χ0v) is 21.2. The predicted molar refractivity (Wildman–Crippen MR) is 140 cm³/mol. The number of nitrogens with zero attached hydrogens (tertiary/aromatic N) is 4. The van der Waals surface area contributed by atoms with Crippen molar-refractivity contribution < 1.29 is 9.53 Å². The Morgan fingerprint density at radius 3 is 2.49 bits per heavy atom. The van der Waals surface area contributed by atoms with Crippen molar-refractivity contribution in [2.75, 3.05) is 18.2 Å². The molecule has 4 rings (SSSR count). The quantitative estimate of drug-likeness (QED) is 0.314. The summed E-state index contributed by atoms with van der Waals surface area (Å²) in [5.74, 6) is 1.37. The van der Waals surface area contributed by atoms with Crippen molar-refractivity contribution in [1.82, 2.24) is 19.7 Å². The summed E-state index contributed by atoms with van der Waals surface area (Å²) in [5.41, 5.74) is 6.03. The number of hydrogen-bond donors (Lipinski definition) is 1. The van der Waals surface area contributed by atoms with Gasteiger partial charge < -0.3 is 10.1 Å². The van der Waals surface area contributed by atoms with Crippen molar-refractivity contribution in [2.24, 2.45) is 0 Å². The minimum atomic E-state index is -0.143. The van der Waals surface area contributed by atoms with E-state index in [1.165, 1.54) is 22.9 Å². The molecule has 0 unspecified atom stereocenters. The third kappa shape index (κ3) is 5.38. The fourth-order valence-corrected chi connectivity index (χ4v) is 4.72. The molecule has 0 atom stereocenters. The highest BCUT2D eigenvalue weighted by Gasteiger charge is 2.21. The molecule has 0 aliphatic carbocycles. The van der Waals surface area contributed by atoms with Crippen molar-refractivity contribution in [2.45, 2.75) is 38.8 Å². The van der Waals surface area contributed by atoms with Crippen LogP contribution in [0.4, 0.5) is 5.69 Å². The number of ether oxygens (including phenoxy) is 1. The lowest BCUT2D eigenvalue weighted by Gasteiger charge is -2.18. The van der Waals surface area contributed by atoms with Crippen LogP contribution in [0.5, 0.6) is 5.75 Å². The number of rotatable bonds is 9. The summed E-state index contributed by atoms with van der Waals surface area (Å²) in [7, 11) is 1.59. The highest BCUT2D eigenvalue weighted by Crippen LogP contribution is 2.32. The molecule has 0 spiro atoms. The van der Waals surface area contributed by atoms with Gasteiger partial charge >= 0.3 is 0 Å². The molecule has 0 fully saturated rings. The lowest BCUT2D eigenvalue weighted by atomic mass is 10.0. The molecule has 0 aliphatic heterocycles. The maximum Gasteiger partial charge on any atom is 0.234 e. The van der Waals surface area contributed by atoms with Gasteiger partial charge in [-0.15, -0.1) is 10.2 Å². The van der Waals surface area contributed by atoms with E-state index in [4.69, 9.17) is 4.74 Å². The van der Waals surface area contributed by atoms with Crippen LogP contribution in [-0.4, -0.2) is 38.5 Å². The topological polar surface area (TPSA) is 81.9 Å². The monoisotopic (exact) mass is 487 g/mol. The van der Waals surface area contributed by atoms with Crippen LogP contribution < -0.4 is 10.1 Å². The molecule has 2 heterocycles. The van der Waals surface area contributed by atoms with Gasteiger partial charge in [-0.25, -0.2) is 0 Å². The lowest BCUT2D eigenvalue weighted by molar-refractivity contribution is -0.113. The Bertz CT molecular complexity index is 1300. The number of carbonyl (C=O) groups excluding carboxylic acids is 1. The molecule has 0 bridgehead atoms. The molecule has 1 amide bonds. The van der Waals surface area contributed by atoms with E-state index in [-0.39, 0.29) is 11.7 Å². The van der Waals surface area contributed by atoms with Crippen molar-refractivity contribution in [3.63, 3.8) is 0 Å². The first kappa shape index (κ1) is 24.5. The number of para-hydroxylation sites is 1. The number of benzene rings is 2.